The number of Topliss-reactive ketones (excluding diaryl/α,β-unsaturated/α-hetero) is 1. The van der Waals surface area contributed by atoms with Crippen LogP contribution in [0.1, 0.15) is 43.9 Å². The predicted molar refractivity (Wildman–Crippen MR) is 77.0 cm³/mol. The van der Waals surface area contributed by atoms with E-state index in [2.05, 4.69) is 24.4 Å². The molecular formula is C13H22ClNOS. The maximum Gasteiger partial charge on any atom is 0.149 e. The first-order valence-corrected chi connectivity index (χ1v) is 6.92. The molecule has 1 heterocycles. The third-order valence-electron chi connectivity index (χ3n) is 2.71. The largest absolute Gasteiger partial charge is 0.322 e. The fraction of sp³-hybridized carbons (Fsp3) is 0.615. The van der Waals surface area contributed by atoms with Crippen LogP contribution in [0.4, 0.5) is 0 Å². The maximum atomic E-state index is 11.7. The third kappa shape index (κ3) is 6.81. The molecule has 17 heavy (non-hydrogen) atoms. The summed E-state index contributed by atoms with van der Waals surface area (Å²) in [6, 6.07) is 3.93. The van der Waals surface area contributed by atoms with E-state index in [0.717, 1.165) is 32.1 Å². The van der Waals surface area contributed by atoms with Crippen molar-refractivity contribution >= 4 is 29.5 Å². The number of unbranched alkanes of at least 4 members (excludes halogenated alkanes) is 1. The van der Waals surface area contributed by atoms with Gasteiger partial charge in [-0.15, -0.1) is 23.7 Å². The molecule has 2 N–H and O–H groups in total. The molecule has 0 aliphatic carbocycles. The first-order chi connectivity index (χ1) is 7.74. The van der Waals surface area contributed by atoms with Crippen molar-refractivity contribution in [3.05, 3.63) is 22.4 Å². The monoisotopic (exact) mass is 275 g/mol. The number of hydrogen-bond donors (Lipinski definition) is 1. The highest BCUT2D eigenvalue weighted by molar-refractivity contribution is 7.09. The summed E-state index contributed by atoms with van der Waals surface area (Å²) in [5.41, 5.74) is 5.82. The minimum atomic E-state index is -0.233. The quantitative estimate of drug-likeness (QED) is 0.788. The lowest BCUT2D eigenvalue weighted by Gasteiger charge is -2.09. The van der Waals surface area contributed by atoms with Gasteiger partial charge in [0.05, 0.1) is 6.04 Å². The third-order valence-corrected chi connectivity index (χ3v) is 3.64. The maximum absolute atomic E-state index is 11.7. The Hall–Kier alpha value is -0.380. The first kappa shape index (κ1) is 16.6. The van der Waals surface area contributed by atoms with Gasteiger partial charge < -0.3 is 5.73 Å². The fourth-order valence-corrected chi connectivity index (χ4v) is 2.41. The number of carbonyl (C=O) groups is 1. The van der Waals surface area contributed by atoms with Crippen LogP contribution in [0.25, 0.3) is 0 Å². The van der Waals surface area contributed by atoms with Crippen LogP contribution in [0.5, 0.6) is 0 Å². The van der Waals surface area contributed by atoms with Crippen molar-refractivity contribution in [2.45, 2.75) is 51.5 Å². The van der Waals surface area contributed by atoms with Gasteiger partial charge in [-0.3, -0.25) is 4.79 Å². The average molecular weight is 276 g/mol. The minimum absolute atomic E-state index is 0. The SMILES string of the molecule is CCCC[C@H](N)C(=O)CCCc1cccs1.Cl. The van der Waals surface area contributed by atoms with Crippen LogP contribution in [0.3, 0.4) is 0 Å². The van der Waals surface area contributed by atoms with Crippen LogP contribution >= 0.6 is 23.7 Å². The molecule has 0 spiro atoms. The minimum Gasteiger partial charge on any atom is -0.322 e. The number of rotatable bonds is 8. The van der Waals surface area contributed by atoms with Crippen molar-refractivity contribution in [3.8, 4) is 0 Å². The second kappa shape index (κ2) is 9.63. The molecule has 1 rings (SSSR count). The van der Waals surface area contributed by atoms with Crippen molar-refractivity contribution in [1.82, 2.24) is 0 Å². The van der Waals surface area contributed by atoms with E-state index in [1.807, 2.05) is 0 Å². The second-order valence-corrected chi connectivity index (χ2v) is 5.18. The van der Waals surface area contributed by atoms with Gasteiger partial charge in [0.15, 0.2) is 0 Å². The fourth-order valence-electron chi connectivity index (χ4n) is 1.66. The molecule has 0 saturated heterocycles. The van der Waals surface area contributed by atoms with Gasteiger partial charge in [0.2, 0.25) is 0 Å². The van der Waals surface area contributed by atoms with Crippen molar-refractivity contribution < 1.29 is 4.79 Å². The topological polar surface area (TPSA) is 43.1 Å². The Bertz CT molecular complexity index is 300. The van der Waals surface area contributed by atoms with Crippen molar-refractivity contribution in [2.24, 2.45) is 5.73 Å². The van der Waals surface area contributed by atoms with Crippen molar-refractivity contribution in [1.29, 1.82) is 0 Å². The van der Waals surface area contributed by atoms with Gasteiger partial charge in [0.25, 0.3) is 0 Å². The summed E-state index contributed by atoms with van der Waals surface area (Å²) < 4.78 is 0. The van der Waals surface area contributed by atoms with E-state index in [1.165, 1.54) is 4.88 Å². The molecule has 0 aliphatic heterocycles. The molecule has 0 fully saturated rings. The van der Waals surface area contributed by atoms with E-state index in [4.69, 9.17) is 5.73 Å². The Labute approximate surface area is 114 Å². The van der Waals surface area contributed by atoms with Crippen LogP contribution in [-0.4, -0.2) is 11.8 Å². The summed E-state index contributed by atoms with van der Waals surface area (Å²) in [6.45, 7) is 2.12. The molecule has 0 aromatic carbocycles. The molecule has 0 bridgehead atoms. The smallest absolute Gasteiger partial charge is 0.149 e. The summed E-state index contributed by atoms with van der Waals surface area (Å²) >= 11 is 1.75. The molecule has 0 amide bonds. The van der Waals surface area contributed by atoms with E-state index in [-0.39, 0.29) is 24.2 Å². The van der Waals surface area contributed by atoms with Gasteiger partial charge in [-0.25, -0.2) is 0 Å². The Morgan fingerprint density at radius 1 is 1.47 bits per heavy atom. The van der Waals surface area contributed by atoms with Gasteiger partial charge in [-0.05, 0) is 30.7 Å². The zero-order chi connectivity index (χ0) is 11.8. The lowest BCUT2D eigenvalue weighted by atomic mass is 10.0. The molecule has 1 aromatic heterocycles. The summed E-state index contributed by atoms with van der Waals surface area (Å²) in [4.78, 5) is 13.0. The summed E-state index contributed by atoms with van der Waals surface area (Å²) in [5, 5.41) is 2.07. The number of nitrogens with two attached hydrogens (primary N) is 1. The van der Waals surface area contributed by atoms with Crippen molar-refractivity contribution in [3.63, 3.8) is 0 Å². The molecule has 4 heteroatoms. The van der Waals surface area contributed by atoms with Gasteiger partial charge in [0, 0.05) is 11.3 Å². The number of aryl methyl sites for hydroxylation is 1. The molecule has 1 atom stereocenters. The Kier molecular flexibility index (Phi) is 9.41. The highest BCUT2D eigenvalue weighted by atomic mass is 35.5. The second-order valence-electron chi connectivity index (χ2n) is 4.15. The molecule has 0 aliphatic rings. The Balaban J connectivity index is 0.00000256. The standard InChI is InChI=1S/C13H21NOS.ClH/c1-2-3-8-12(14)13(15)9-4-6-11-7-5-10-16-11;/h5,7,10,12H,2-4,6,8-9,14H2,1H3;1H/t12-;/m0./s1. The molecule has 0 saturated carbocycles. The van der Waals surface area contributed by atoms with E-state index in [1.54, 1.807) is 11.3 Å². The molecule has 1 aromatic rings. The van der Waals surface area contributed by atoms with E-state index in [0.29, 0.717) is 6.42 Å². The zero-order valence-electron chi connectivity index (χ0n) is 10.4. The summed E-state index contributed by atoms with van der Waals surface area (Å²) in [6.07, 6.45) is 5.56. The molecular weight excluding hydrogens is 254 g/mol. The lowest BCUT2D eigenvalue weighted by Crippen LogP contribution is -2.30. The van der Waals surface area contributed by atoms with Gasteiger partial charge in [0.1, 0.15) is 5.78 Å². The molecule has 0 unspecified atom stereocenters. The van der Waals surface area contributed by atoms with Crippen LogP contribution in [0.15, 0.2) is 17.5 Å². The molecule has 2 nitrogen and oxygen atoms in total. The lowest BCUT2D eigenvalue weighted by molar-refractivity contribution is -0.120. The normalized spacial score (nSPS) is 11.9. The number of carbonyl (C=O) groups excluding carboxylic acids is 1. The van der Waals surface area contributed by atoms with Gasteiger partial charge in [-0.2, -0.15) is 0 Å². The highest BCUT2D eigenvalue weighted by Gasteiger charge is 2.12. The van der Waals surface area contributed by atoms with E-state index >= 15 is 0 Å². The average Bonchev–Trinajstić information content (AvgIpc) is 2.78. The van der Waals surface area contributed by atoms with Crippen LogP contribution in [0, 0.1) is 0 Å². The summed E-state index contributed by atoms with van der Waals surface area (Å²) in [7, 11) is 0. The molecule has 0 radical (unpaired) electrons. The highest BCUT2D eigenvalue weighted by Crippen LogP contribution is 2.12. The number of ketones is 1. The number of halogens is 1. The van der Waals surface area contributed by atoms with Crippen LogP contribution in [0.2, 0.25) is 0 Å². The van der Waals surface area contributed by atoms with Crippen LogP contribution < -0.4 is 5.73 Å². The van der Waals surface area contributed by atoms with E-state index in [9.17, 15) is 4.79 Å². The Morgan fingerprint density at radius 3 is 2.82 bits per heavy atom. The zero-order valence-corrected chi connectivity index (χ0v) is 12.0. The summed E-state index contributed by atoms with van der Waals surface area (Å²) in [5.74, 6) is 0.227. The van der Waals surface area contributed by atoms with Gasteiger partial charge in [-0.1, -0.05) is 25.8 Å². The Morgan fingerprint density at radius 2 is 2.24 bits per heavy atom. The predicted octanol–water partition coefficient (Wildman–Crippen LogP) is 3.58. The molecule has 98 valence electrons. The number of hydrogen-bond acceptors (Lipinski definition) is 3. The van der Waals surface area contributed by atoms with Crippen LogP contribution in [-0.2, 0) is 11.2 Å². The van der Waals surface area contributed by atoms with Gasteiger partial charge >= 0.3 is 0 Å². The first-order valence-electron chi connectivity index (χ1n) is 6.04. The number of thiophene rings is 1. The van der Waals surface area contributed by atoms with E-state index < -0.39 is 0 Å². The van der Waals surface area contributed by atoms with Crippen molar-refractivity contribution in [2.75, 3.05) is 0 Å².